The number of aliphatic hydroxyl groups excluding tert-OH is 1. The molecule has 0 bridgehead atoms. The summed E-state index contributed by atoms with van der Waals surface area (Å²) in [6.07, 6.45) is 3.04. The molecule has 9 nitrogen and oxygen atoms in total. The van der Waals surface area contributed by atoms with E-state index in [1.54, 1.807) is 14.2 Å². The summed E-state index contributed by atoms with van der Waals surface area (Å²) in [6, 6.07) is 5.46. The number of nitrogens with zero attached hydrogens (tertiary/aromatic N) is 1. The molecule has 0 aliphatic heterocycles. The number of anilines is 2. The van der Waals surface area contributed by atoms with Gasteiger partial charge in [0.15, 0.2) is 11.5 Å². The van der Waals surface area contributed by atoms with Crippen molar-refractivity contribution in [2.24, 2.45) is 17.6 Å². The van der Waals surface area contributed by atoms with E-state index < -0.39 is 23.0 Å². The molecule has 2 aromatic carbocycles. The molecule has 2 aromatic rings. The largest absolute Gasteiger partial charge is 0.493 e. The van der Waals surface area contributed by atoms with Gasteiger partial charge in [-0.15, -0.1) is 0 Å². The molecule has 0 aliphatic carbocycles. The maximum absolute atomic E-state index is 12.3. The van der Waals surface area contributed by atoms with Crippen LogP contribution >= 0.6 is 0 Å². The fourth-order valence-electron chi connectivity index (χ4n) is 4.83. The molecule has 3 atom stereocenters. The first kappa shape index (κ1) is 32.6. The summed E-state index contributed by atoms with van der Waals surface area (Å²) in [5, 5.41) is 13.9. The summed E-state index contributed by atoms with van der Waals surface area (Å²) >= 11 is 0. The third-order valence-electron chi connectivity index (χ3n) is 7.16. The normalized spacial score (nSPS) is 13.9. The molecular weight excluding hydrogens is 498 g/mol. The monoisotopic (exact) mass is 547 g/mol. The van der Waals surface area contributed by atoms with Gasteiger partial charge >= 0.3 is 0 Å². The minimum absolute atomic E-state index is 0.109. The minimum atomic E-state index is -0.871. The number of rotatable bonds is 20. The van der Waals surface area contributed by atoms with Crippen molar-refractivity contribution in [2.75, 3.05) is 57.3 Å². The van der Waals surface area contributed by atoms with Crippen molar-refractivity contribution in [3.63, 3.8) is 0 Å². The molecule has 0 saturated heterocycles. The third-order valence-corrected chi connectivity index (χ3v) is 7.16. The molecule has 0 heterocycles. The molecule has 0 aromatic heterocycles. The maximum atomic E-state index is 12.3. The van der Waals surface area contributed by atoms with E-state index in [0.717, 1.165) is 31.2 Å². The molecule has 0 fully saturated rings. The summed E-state index contributed by atoms with van der Waals surface area (Å²) < 4.78 is 16.5. The van der Waals surface area contributed by atoms with Crippen LogP contribution in [0.25, 0.3) is 0 Å². The first-order chi connectivity index (χ1) is 18.7. The molecule has 0 unspecified atom stereocenters. The molecule has 0 spiro atoms. The van der Waals surface area contributed by atoms with Gasteiger partial charge in [-0.25, -0.2) is 0 Å². The van der Waals surface area contributed by atoms with Crippen molar-refractivity contribution in [3.8, 4) is 11.5 Å². The standard InChI is InChI=1S/C30H49N3O6/c1-7-12-33(13-8-2)28-27(29(35)30(28)36)32-19-24(34)23(31)18-22(20(3)4)16-21-10-11-25(38-6)26(17-21)39-15-9-14-37-5/h10-11,17,20,22-24,32,34H,7-9,12-16,18-19,31H2,1-6H3/t22-,23-,24-/m0/s1. The Balaban J connectivity index is 2.03. The van der Waals surface area contributed by atoms with E-state index in [9.17, 15) is 14.7 Å². The summed E-state index contributed by atoms with van der Waals surface area (Å²) in [5.41, 5.74) is 7.31. The van der Waals surface area contributed by atoms with Gasteiger partial charge in [-0.3, -0.25) is 9.59 Å². The quantitative estimate of drug-likeness (QED) is 0.169. The molecule has 0 saturated carbocycles. The molecule has 0 aliphatic rings. The van der Waals surface area contributed by atoms with Gasteiger partial charge in [-0.2, -0.15) is 0 Å². The third kappa shape index (κ3) is 9.22. The SMILES string of the molecule is CCCN(CCC)c1c(NC[C@H](O)[C@@H](N)C[C@H](Cc2ccc(OC)c(OCCCOC)c2)C(C)C)c(=O)c1=O. The first-order valence-electron chi connectivity index (χ1n) is 14.2. The zero-order chi connectivity index (χ0) is 28.9. The van der Waals surface area contributed by atoms with E-state index in [-0.39, 0.29) is 12.5 Å². The average molecular weight is 548 g/mol. The summed E-state index contributed by atoms with van der Waals surface area (Å²) in [5.74, 6) is 1.94. The second-order valence-corrected chi connectivity index (χ2v) is 10.6. The second-order valence-electron chi connectivity index (χ2n) is 10.6. The number of nitrogens with one attached hydrogen (secondary N) is 1. The fourth-order valence-corrected chi connectivity index (χ4v) is 4.83. The van der Waals surface area contributed by atoms with Gasteiger partial charge in [0.05, 0.1) is 19.8 Å². The number of aliphatic hydroxyl groups is 1. The van der Waals surface area contributed by atoms with Gasteiger partial charge in [-0.05, 0) is 55.2 Å². The minimum Gasteiger partial charge on any atom is -0.493 e. The lowest BCUT2D eigenvalue weighted by atomic mass is 9.83. The number of hydrogen-bond donors (Lipinski definition) is 3. The first-order valence-corrected chi connectivity index (χ1v) is 14.2. The van der Waals surface area contributed by atoms with Crippen LogP contribution < -0.4 is 36.3 Å². The van der Waals surface area contributed by atoms with E-state index in [1.807, 2.05) is 36.9 Å². The molecular formula is C30H49N3O6. The molecule has 220 valence electrons. The van der Waals surface area contributed by atoms with E-state index >= 15 is 0 Å². The topological polar surface area (TPSA) is 123 Å². The van der Waals surface area contributed by atoms with Gasteiger partial charge in [0.2, 0.25) is 0 Å². The van der Waals surface area contributed by atoms with E-state index in [2.05, 4.69) is 19.2 Å². The number of methoxy groups -OCH3 is 2. The highest BCUT2D eigenvalue weighted by molar-refractivity contribution is 5.75. The number of ether oxygens (including phenoxy) is 3. The Kier molecular flexibility index (Phi) is 13.8. The Morgan fingerprint density at radius 3 is 2.31 bits per heavy atom. The summed E-state index contributed by atoms with van der Waals surface area (Å²) in [4.78, 5) is 26.5. The Morgan fingerprint density at radius 2 is 1.72 bits per heavy atom. The van der Waals surface area contributed by atoms with Crippen LogP contribution in [0, 0.1) is 11.8 Å². The Bertz CT molecular complexity index is 1060. The van der Waals surface area contributed by atoms with Crippen molar-refractivity contribution in [2.45, 2.75) is 71.9 Å². The van der Waals surface area contributed by atoms with Crippen LogP contribution in [0.4, 0.5) is 11.4 Å². The molecule has 4 N–H and O–H groups in total. The van der Waals surface area contributed by atoms with Crippen LogP contribution in [0.15, 0.2) is 27.8 Å². The van der Waals surface area contributed by atoms with Crippen molar-refractivity contribution >= 4 is 11.4 Å². The average Bonchev–Trinajstić information content (AvgIpc) is 2.92. The lowest BCUT2D eigenvalue weighted by molar-refractivity contribution is 0.137. The highest BCUT2D eigenvalue weighted by Gasteiger charge is 2.28. The highest BCUT2D eigenvalue weighted by atomic mass is 16.5. The zero-order valence-corrected chi connectivity index (χ0v) is 24.6. The summed E-state index contributed by atoms with van der Waals surface area (Å²) in [7, 11) is 3.29. The van der Waals surface area contributed by atoms with Gasteiger partial charge in [-0.1, -0.05) is 33.8 Å². The second kappa shape index (κ2) is 16.5. The fraction of sp³-hybridized carbons (Fsp3) is 0.667. The van der Waals surface area contributed by atoms with Gasteiger partial charge < -0.3 is 35.3 Å². The van der Waals surface area contributed by atoms with Crippen LogP contribution in [0.5, 0.6) is 11.5 Å². The molecule has 39 heavy (non-hydrogen) atoms. The van der Waals surface area contributed by atoms with E-state index in [4.69, 9.17) is 19.9 Å². The molecule has 0 amide bonds. The van der Waals surface area contributed by atoms with Crippen LogP contribution in [-0.2, 0) is 11.2 Å². The van der Waals surface area contributed by atoms with Crippen LogP contribution in [-0.4, -0.2) is 64.3 Å². The van der Waals surface area contributed by atoms with Crippen LogP contribution in [0.1, 0.15) is 58.9 Å². The maximum Gasteiger partial charge on any atom is 0.253 e. The number of nitrogens with two attached hydrogens (primary N) is 1. The van der Waals surface area contributed by atoms with E-state index in [0.29, 0.717) is 61.5 Å². The Morgan fingerprint density at radius 1 is 1.03 bits per heavy atom. The van der Waals surface area contributed by atoms with E-state index in [1.165, 1.54) is 0 Å². The predicted octanol–water partition coefficient (Wildman–Crippen LogP) is 3.34. The Labute approximate surface area is 233 Å². The van der Waals surface area contributed by atoms with Gasteiger partial charge in [0, 0.05) is 45.8 Å². The summed E-state index contributed by atoms with van der Waals surface area (Å²) in [6.45, 7) is 11.1. The highest BCUT2D eigenvalue weighted by Crippen LogP contribution is 2.31. The lowest BCUT2D eigenvalue weighted by Crippen LogP contribution is -2.46. The van der Waals surface area contributed by atoms with Crippen LogP contribution in [0.2, 0.25) is 0 Å². The lowest BCUT2D eigenvalue weighted by Gasteiger charge is -2.29. The zero-order valence-electron chi connectivity index (χ0n) is 24.6. The Hall–Kier alpha value is -2.62. The van der Waals surface area contributed by atoms with Crippen molar-refractivity contribution < 1.29 is 19.3 Å². The van der Waals surface area contributed by atoms with Gasteiger partial charge in [0.1, 0.15) is 11.4 Å². The van der Waals surface area contributed by atoms with Crippen molar-refractivity contribution in [1.82, 2.24) is 0 Å². The number of hydrogen-bond acceptors (Lipinski definition) is 9. The van der Waals surface area contributed by atoms with Crippen LogP contribution in [0.3, 0.4) is 0 Å². The molecule has 0 radical (unpaired) electrons. The van der Waals surface area contributed by atoms with Crippen molar-refractivity contribution in [1.29, 1.82) is 0 Å². The molecule has 2 rings (SSSR count). The van der Waals surface area contributed by atoms with Crippen molar-refractivity contribution in [3.05, 3.63) is 44.2 Å². The number of benzene rings is 1. The molecule has 9 heteroatoms. The smallest absolute Gasteiger partial charge is 0.253 e. The van der Waals surface area contributed by atoms with Gasteiger partial charge in [0.25, 0.3) is 10.9 Å². The predicted molar refractivity (Wildman–Crippen MR) is 158 cm³/mol.